The summed E-state index contributed by atoms with van der Waals surface area (Å²) in [5.41, 5.74) is 2.34. The lowest BCUT2D eigenvalue weighted by Gasteiger charge is -2.39. The number of carboxylic acid groups (broad SMARTS) is 1. The van der Waals surface area contributed by atoms with E-state index in [1.807, 2.05) is 36.4 Å². The van der Waals surface area contributed by atoms with Crippen LogP contribution in [0.15, 0.2) is 48.5 Å². The zero-order valence-electron chi connectivity index (χ0n) is 20.3. The van der Waals surface area contributed by atoms with Gasteiger partial charge in [-0.05, 0) is 86.0 Å². The molecule has 4 rings (SSSR count). The van der Waals surface area contributed by atoms with E-state index in [0.29, 0.717) is 18.5 Å². The van der Waals surface area contributed by atoms with E-state index in [-0.39, 0.29) is 5.92 Å². The first-order valence-corrected chi connectivity index (χ1v) is 13.6. The monoisotopic (exact) mass is 500 g/mol. The lowest BCUT2D eigenvalue weighted by molar-refractivity contribution is -0.140. The van der Waals surface area contributed by atoms with Crippen molar-refractivity contribution < 1.29 is 23.4 Å². The van der Waals surface area contributed by atoms with Gasteiger partial charge in [0, 0.05) is 6.54 Å². The van der Waals surface area contributed by atoms with Gasteiger partial charge >= 0.3 is 5.97 Å². The van der Waals surface area contributed by atoms with E-state index in [1.165, 1.54) is 32.1 Å². The molecule has 1 heterocycles. The molecule has 8 heteroatoms. The molecule has 2 fully saturated rings. The minimum Gasteiger partial charge on any atom is -0.497 e. The summed E-state index contributed by atoms with van der Waals surface area (Å²) < 4.78 is 28.9. The van der Waals surface area contributed by atoms with Crippen LogP contribution >= 0.6 is 0 Å². The number of carbonyl (C=O) groups is 1. The minimum absolute atomic E-state index is 0.188. The van der Waals surface area contributed by atoms with Gasteiger partial charge in [0.15, 0.2) is 0 Å². The van der Waals surface area contributed by atoms with Crippen LogP contribution in [-0.2, 0) is 16.1 Å². The number of ether oxygens (including phenoxy) is 1. The molecule has 2 unspecified atom stereocenters. The Morgan fingerprint density at radius 3 is 2.09 bits per heavy atom. The third kappa shape index (κ3) is 6.42. The minimum atomic E-state index is -2.45. The number of hydrogen-bond acceptors (Lipinski definition) is 4. The number of nitrogens with zero attached hydrogens (tertiary/aromatic N) is 2. The predicted molar refractivity (Wildman–Crippen MR) is 139 cm³/mol. The Hall–Kier alpha value is -2.42. The number of rotatable bonds is 9. The first-order chi connectivity index (χ1) is 17.0. The van der Waals surface area contributed by atoms with Crippen LogP contribution in [0.3, 0.4) is 0 Å². The summed E-state index contributed by atoms with van der Waals surface area (Å²) in [6.07, 6.45) is 7.98. The number of benzene rings is 2. The van der Waals surface area contributed by atoms with Gasteiger partial charge in [0.2, 0.25) is 0 Å². The van der Waals surface area contributed by atoms with Crippen molar-refractivity contribution in [2.24, 2.45) is 11.8 Å². The van der Waals surface area contributed by atoms with E-state index < -0.39 is 23.3 Å². The molecule has 2 N–H and O–H groups in total. The first kappa shape index (κ1) is 25.7. The topological polar surface area (TPSA) is 90.3 Å². The highest BCUT2D eigenvalue weighted by molar-refractivity contribution is 7.80. The van der Waals surface area contributed by atoms with Gasteiger partial charge < -0.3 is 14.7 Å². The van der Waals surface area contributed by atoms with Crippen LogP contribution in [0.4, 0.5) is 5.69 Å². The fourth-order valence-corrected chi connectivity index (χ4v) is 6.37. The average Bonchev–Trinajstić information content (AvgIpc) is 2.88. The largest absolute Gasteiger partial charge is 0.497 e. The van der Waals surface area contributed by atoms with Gasteiger partial charge in [-0.2, -0.15) is 0 Å². The Bertz CT molecular complexity index is 984. The molecule has 2 aromatic carbocycles. The molecule has 1 saturated heterocycles. The van der Waals surface area contributed by atoms with Crippen molar-refractivity contribution in [3.8, 4) is 16.9 Å². The molecule has 1 aliphatic heterocycles. The maximum absolute atomic E-state index is 12.4. The van der Waals surface area contributed by atoms with Crippen molar-refractivity contribution in [3.63, 3.8) is 0 Å². The summed E-state index contributed by atoms with van der Waals surface area (Å²) in [6.45, 7) is 2.77. The Balaban J connectivity index is 1.46. The van der Waals surface area contributed by atoms with Gasteiger partial charge in [-0.1, -0.05) is 43.5 Å². The normalized spacial score (nSPS) is 19.7. The fourth-order valence-electron chi connectivity index (χ4n) is 5.61. The van der Waals surface area contributed by atoms with Crippen LogP contribution in [0.1, 0.15) is 44.9 Å². The highest BCUT2D eigenvalue weighted by Gasteiger charge is 2.39. The summed E-state index contributed by atoms with van der Waals surface area (Å²) in [6, 6.07) is 13.7. The maximum Gasteiger partial charge on any atom is 0.327 e. The molecule has 0 spiro atoms. The van der Waals surface area contributed by atoms with Gasteiger partial charge in [0.1, 0.15) is 11.8 Å². The Kier molecular flexibility index (Phi) is 8.81. The molecule has 7 nitrogen and oxygen atoms in total. The average molecular weight is 501 g/mol. The highest BCUT2D eigenvalue weighted by atomic mass is 32.2. The molecule has 190 valence electrons. The van der Waals surface area contributed by atoms with Crippen LogP contribution < -0.4 is 9.04 Å². The van der Waals surface area contributed by atoms with Crippen LogP contribution in [0.25, 0.3) is 11.1 Å². The Morgan fingerprint density at radius 1 is 1.00 bits per heavy atom. The zero-order chi connectivity index (χ0) is 24.8. The number of hydrogen-bond donors (Lipinski definition) is 2. The maximum atomic E-state index is 12.4. The molecule has 2 aliphatic rings. The number of aliphatic carboxylic acids is 1. The predicted octanol–water partition coefficient (Wildman–Crippen LogP) is 5.05. The van der Waals surface area contributed by atoms with Gasteiger partial charge in [-0.25, -0.2) is 9.00 Å². The lowest BCUT2D eigenvalue weighted by Crippen LogP contribution is -2.51. The van der Waals surface area contributed by atoms with Gasteiger partial charge in [0.05, 0.1) is 12.8 Å². The third-order valence-electron chi connectivity index (χ3n) is 7.54. The lowest BCUT2D eigenvalue weighted by atomic mass is 9.86. The standard InChI is InChI=1S/C27H36N2O5S/c1-34-25-13-9-22(10-14-25)21-7-11-24(12-8-21)29(35(32)33)26(27(30)31)23-15-17-28(18-16-23)19-20-5-3-2-4-6-20/h7-14,20,23,26H,2-6,15-19H2,1H3,(H,30,31)(H,32,33). The van der Waals surface area contributed by atoms with Crippen molar-refractivity contribution in [1.29, 1.82) is 0 Å². The molecule has 1 aliphatic carbocycles. The fraction of sp³-hybridized carbons (Fsp3) is 0.519. The highest BCUT2D eigenvalue weighted by Crippen LogP contribution is 2.32. The number of methoxy groups -OCH3 is 1. The van der Waals surface area contributed by atoms with Crippen LogP contribution in [0, 0.1) is 11.8 Å². The number of piperidine rings is 1. The van der Waals surface area contributed by atoms with Crippen LogP contribution in [0.2, 0.25) is 0 Å². The van der Waals surface area contributed by atoms with Gasteiger partial charge in [-0.3, -0.25) is 8.86 Å². The number of carboxylic acids is 1. The molecular formula is C27H36N2O5S. The van der Waals surface area contributed by atoms with Crippen molar-refractivity contribution in [3.05, 3.63) is 48.5 Å². The first-order valence-electron chi connectivity index (χ1n) is 12.6. The molecule has 35 heavy (non-hydrogen) atoms. The zero-order valence-corrected chi connectivity index (χ0v) is 21.2. The molecular weight excluding hydrogens is 464 g/mol. The van der Waals surface area contributed by atoms with Crippen molar-refractivity contribution in [2.75, 3.05) is 31.0 Å². The smallest absolute Gasteiger partial charge is 0.327 e. The number of anilines is 1. The Morgan fingerprint density at radius 2 is 1.57 bits per heavy atom. The van der Waals surface area contributed by atoms with E-state index in [0.717, 1.165) is 46.7 Å². The molecule has 0 amide bonds. The van der Waals surface area contributed by atoms with Crippen molar-refractivity contribution in [1.82, 2.24) is 4.90 Å². The van der Waals surface area contributed by atoms with Gasteiger partial charge in [0.25, 0.3) is 11.3 Å². The third-order valence-corrected chi connectivity index (χ3v) is 8.31. The van der Waals surface area contributed by atoms with Crippen LogP contribution in [0.5, 0.6) is 5.75 Å². The summed E-state index contributed by atoms with van der Waals surface area (Å²) in [4.78, 5) is 14.8. The Labute approximate surface area is 210 Å². The summed E-state index contributed by atoms with van der Waals surface area (Å²) >= 11 is -2.45. The summed E-state index contributed by atoms with van der Waals surface area (Å²) in [7, 11) is 1.62. The van der Waals surface area contributed by atoms with Crippen LogP contribution in [-0.4, -0.2) is 57.5 Å². The molecule has 0 aromatic heterocycles. The van der Waals surface area contributed by atoms with E-state index in [4.69, 9.17) is 4.74 Å². The van der Waals surface area contributed by atoms with Gasteiger partial charge in [-0.15, -0.1) is 0 Å². The van der Waals surface area contributed by atoms with E-state index >= 15 is 0 Å². The second kappa shape index (κ2) is 12.0. The van der Waals surface area contributed by atoms with Crippen molar-refractivity contribution >= 4 is 22.9 Å². The quantitative estimate of drug-likeness (QED) is 0.468. The van der Waals surface area contributed by atoms with Crippen molar-refractivity contribution in [2.45, 2.75) is 51.0 Å². The van der Waals surface area contributed by atoms with E-state index in [2.05, 4.69) is 4.90 Å². The molecule has 0 radical (unpaired) electrons. The van der Waals surface area contributed by atoms with E-state index in [1.54, 1.807) is 19.2 Å². The SMILES string of the molecule is COc1ccc(-c2ccc(N(C(C(=O)O)C3CCN(CC4CCCCC4)CC3)S(=O)O)cc2)cc1. The molecule has 1 saturated carbocycles. The second-order valence-electron chi connectivity index (χ2n) is 9.76. The number of likely N-dealkylation sites (tertiary alicyclic amines) is 1. The molecule has 0 bridgehead atoms. The summed E-state index contributed by atoms with van der Waals surface area (Å²) in [5, 5.41) is 10.1. The van der Waals surface area contributed by atoms with E-state index in [9.17, 15) is 18.7 Å². The second-order valence-corrected chi connectivity index (χ2v) is 10.6. The molecule has 2 atom stereocenters. The summed E-state index contributed by atoms with van der Waals surface area (Å²) in [5.74, 6) is 0.271. The molecule has 2 aromatic rings.